The SMILES string of the molecule is COc1ccc(S(=O)(=O)N2CC(=O)Nc3ccc(Br)cc3C2c2ccccc2)cc1. The number of rotatable bonds is 4. The Balaban J connectivity index is 1.92. The summed E-state index contributed by atoms with van der Waals surface area (Å²) in [5.74, 6) is 0.158. The summed E-state index contributed by atoms with van der Waals surface area (Å²) in [5, 5.41) is 2.84. The van der Waals surface area contributed by atoms with E-state index < -0.39 is 22.0 Å². The molecule has 1 unspecified atom stereocenters. The van der Waals surface area contributed by atoms with Gasteiger partial charge in [0.2, 0.25) is 15.9 Å². The van der Waals surface area contributed by atoms with Crippen molar-refractivity contribution in [1.29, 1.82) is 0 Å². The van der Waals surface area contributed by atoms with Crippen molar-refractivity contribution in [3.8, 4) is 5.75 Å². The number of halogens is 1. The number of ether oxygens (including phenoxy) is 1. The maximum atomic E-state index is 13.7. The van der Waals surface area contributed by atoms with Gasteiger partial charge in [-0.15, -0.1) is 0 Å². The van der Waals surface area contributed by atoms with Gasteiger partial charge in [-0.05, 0) is 53.6 Å². The molecule has 0 radical (unpaired) electrons. The van der Waals surface area contributed by atoms with Crippen LogP contribution >= 0.6 is 15.9 Å². The molecule has 0 aromatic heterocycles. The third-order valence-electron chi connectivity index (χ3n) is 4.95. The third-order valence-corrected chi connectivity index (χ3v) is 7.27. The minimum absolute atomic E-state index is 0.0930. The summed E-state index contributed by atoms with van der Waals surface area (Å²) in [7, 11) is -2.48. The highest BCUT2D eigenvalue weighted by atomic mass is 79.9. The number of carbonyl (C=O) groups is 1. The molecular weight excluding hydrogens is 468 g/mol. The molecule has 1 aliphatic heterocycles. The molecule has 1 aliphatic rings. The van der Waals surface area contributed by atoms with E-state index >= 15 is 0 Å². The van der Waals surface area contributed by atoms with Gasteiger partial charge < -0.3 is 10.1 Å². The van der Waals surface area contributed by atoms with Crippen LogP contribution in [0, 0.1) is 0 Å². The Morgan fingerprint density at radius 2 is 1.73 bits per heavy atom. The Hall–Kier alpha value is -2.68. The maximum Gasteiger partial charge on any atom is 0.244 e. The number of anilines is 1. The summed E-state index contributed by atoms with van der Waals surface area (Å²) in [5.41, 5.74) is 2.05. The number of nitrogens with one attached hydrogen (secondary N) is 1. The van der Waals surface area contributed by atoms with Crippen molar-refractivity contribution < 1.29 is 17.9 Å². The Bertz CT molecular complexity index is 1180. The molecule has 154 valence electrons. The topological polar surface area (TPSA) is 75.7 Å². The van der Waals surface area contributed by atoms with E-state index in [2.05, 4.69) is 21.2 Å². The highest BCUT2D eigenvalue weighted by Crippen LogP contribution is 2.40. The van der Waals surface area contributed by atoms with Crippen LogP contribution in [0.25, 0.3) is 0 Å². The summed E-state index contributed by atoms with van der Waals surface area (Å²) in [6, 6.07) is 20.2. The Morgan fingerprint density at radius 3 is 2.40 bits per heavy atom. The molecule has 1 amide bonds. The minimum Gasteiger partial charge on any atom is -0.497 e. The number of hydrogen-bond donors (Lipinski definition) is 1. The number of amides is 1. The standard InChI is InChI=1S/C22H19BrN2O4S/c1-29-17-8-10-18(11-9-17)30(27,28)25-14-21(26)24-20-12-7-16(23)13-19(20)22(25)15-5-3-2-4-6-15/h2-13,22H,14H2,1H3,(H,24,26). The van der Waals surface area contributed by atoms with Crippen molar-refractivity contribution in [2.75, 3.05) is 19.0 Å². The molecule has 6 nitrogen and oxygen atoms in total. The molecule has 0 spiro atoms. The van der Waals surface area contributed by atoms with Crippen LogP contribution in [0.5, 0.6) is 5.75 Å². The van der Waals surface area contributed by atoms with Crippen molar-refractivity contribution in [3.05, 3.63) is 88.4 Å². The van der Waals surface area contributed by atoms with Crippen molar-refractivity contribution in [3.63, 3.8) is 0 Å². The fraction of sp³-hybridized carbons (Fsp3) is 0.136. The average Bonchev–Trinajstić information content (AvgIpc) is 2.90. The molecule has 3 aromatic rings. The first-order chi connectivity index (χ1) is 14.4. The summed E-state index contributed by atoms with van der Waals surface area (Å²) in [6.07, 6.45) is 0. The molecule has 0 bridgehead atoms. The summed E-state index contributed by atoms with van der Waals surface area (Å²) < 4.78 is 34.5. The molecule has 8 heteroatoms. The molecule has 3 aromatic carbocycles. The quantitative estimate of drug-likeness (QED) is 0.599. The number of benzene rings is 3. The zero-order chi connectivity index (χ0) is 21.3. The number of nitrogens with zero attached hydrogens (tertiary/aromatic N) is 1. The van der Waals surface area contributed by atoms with E-state index in [1.165, 1.54) is 23.5 Å². The van der Waals surface area contributed by atoms with Crippen LogP contribution < -0.4 is 10.1 Å². The second kappa shape index (κ2) is 8.22. The normalized spacial score (nSPS) is 17.0. The summed E-state index contributed by atoms with van der Waals surface area (Å²) >= 11 is 3.47. The number of hydrogen-bond acceptors (Lipinski definition) is 4. The lowest BCUT2D eigenvalue weighted by Gasteiger charge is -2.29. The third kappa shape index (κ3) is 3.86. The van der Waals surface area contributed by atoms with Gasteiger partial charge >= 0.3 is 0 Å². The monoisotopic (exact) mass is 486 g/mol. The number of sulfonamides is 1. The van der Waals surface area contributed by atoms with Crippen molar-refractivity contribution in [1.82, 2.24) is 4.31 Å². The Kier molecular flexibility index (Phi) is 5.64. The van der Waals surface area contributed by atoms with Crippen LogP contribution in [0.2, 0.25) is 0 Å². The van der Waals surface area contributed by atoms with Crippen LogP contribution in [0.15, 0.2) is 82.2 Å². The lowest BCUT2D eigenvalue weighted by molar-refractivity contribution is -0.116. The predicted molar refractivity (Wildman–Crippen MR) is 118 cm³/mol. The molecular formula is C22H19BrN2O4S. The van der Waals surface area contributed by atoms with E-state index in [0.717, 1.165) is 10.0 Å². The van der Waals surface area contributed by atoms with E-state index in [1.54, 1.807) is 18.2 Å². The van der Waals surface area contributed by atoms with Gasteiger partial charge in [-0.2, -0.15) is 4.31 Å². The zero-order valence-corrected chi connectivity index (χ0v) is 18.5. The van der Waals surface area contributed by atoms with Crippen LogP contribution in [-0.2, 0) is 14.8 Å². The van der Waals surface area contributed by atoms with Crippen LogP contribution in [0.3, 0.4) is 0 Å². The first-order valence-electron chi connectivity index (χ1n) is 9.20. The number of carbonyl (C=O) groups excluding carboxylic acids is 1. The molecule has 1 heterocycles. The second-order valence-electron chi connectivity index (χ2n) is 6.82. The van der Waals surface area contributed by atoms with Gasteiger partial charge in [-0.25, -0.2) is 8.42 Å². The van der Waals surface area contributed by atoms with Gasteiger partial charge in [0.05, 0.1) is 24.6 Å². The molecule has 0 saturated carbocycles. The van der Waals surface area contributed by atoms with E-state index in [9.17, 15) is 13.2 Å². The largest absolute Gasteiger partial charge is 0.497 e. The molecule has 1 N–H and O–H groups in total. The van der Waals surface area contributed by atoms with Crippen LogP contribution in [0.1, 0.15) is 17.2 Å². The second-order valence-corrected chi connectivity index (χ2v) is 9.62. The first kappa shape index (κ1) is 20.6. The average molecular weight is 487 g/mol. The molecule has 0 fully saturated rings. The van der Waals surface area contributed by atoms with Crippen molar-refractivity contribution in [2.45, 2.75) is 10.9 Å². The van der Waals surface area contributed by atoms with E-state index in [-0.39, 0.29) is 11.4 Å². The fourth-order valence-corrected chi connectivity index (χ4v) is 5.47. The molecule has 30 heavy (non-hydrogen) atoms. The van der Waals surface area contributed by atoms with Gasteiger partial charge in [0, 0.05) is 10.2 Å². The van der Waals surface area contributed by atoms with E-state index in [1.807, 2.05) is 42.5 Å². The van der Waals surface area contributed by atoms with Crippen LogP contribution in [-0.4, -0.2) is 32.3 Å². The lowest BCUT2D eigenvalue weighted by atomic mass is 9.97. The highest BCUT2D eigenvalue weighted by Gasteiger charge is 2.38. The summed E-state index contributed by atoms with van der Waals surface area (Å²) in [6.45, 7) is -0.305. The van der Waals surface area contributed by atoms with Gasteiger partial charge in [-0.1, -0.05) is 46.3 Å². The van der Waals surface area contributed by atoms with Gasteiger partial charge in [0.1, 0.15) is 5.75 Å². The first-order valence-corrected chi connectivity index (χ1v) is 11.4. The van der Waals surface area contributed by atoms with Gasteiger partial charge in [-0.3, -0.25) is 4.79 Å². The van der Waals surface area contributed by atoms with Crippen LogP contribution in [0.4, 0.5) is 5.69 Å². The zero-order valence-electron chi connectivity index (χ0n) is 16.1. The van der Waals surface area contributed by atoms with Crippen molar-refractivity contribution >= 4 is 37.5 Å². The van der Waals surface area contributed by atoms with E-state index in [4.69, 9.17) is 4.74 Å². The number of fused-ring (bicyclic) bond motifs is 1. The maximum absolute atomic E-state index is 13.7. The molecule has 1 atom stereocenters. The highest BCUT2D eigenvalue weighted by molar-refractivity contribution is 9.10. The molecule has 0 aliphatic carbocycles. The van der Waals surface area contributed by atoms with Gasteiger partial charge in [0.15, 0.2) is 0 Å². The lowest BCUT2D eigenvalue weighted by Crippen LogP contribution is -2.38. The fourth-order valence-electron chi connectivity index (χ4n) is 3.54. The predicted octanol–water partition coefficient (Wildman–Crippen LogP) is 4.19. The Labute approximate surface area is 183 Å². The minimum atomic E-state index is -3.99. The molecule has 0 saturated heterocycles. The smallest absolute Gasteiger partial charge is 0.244 e. The summed E-state index contributed by atoms with van der Waals surface area (Å²) in [4.78, 5) is 12.7. The van der Waals surface area contributed by atoms with Crippen molar-refractivity contribution in [2.24, 2.45) is 0 Å². The number of methoxy groups -OCH3 is 1. The molecule has 4 rings (SSSR count). The van der Waals surface area contributed by atoms with E-state index in [0.29, 0.717) is 17.0 Å². The van der Waals surface area contributed by atoms with Gasteiger partial charge in [0.25, 0.3) is 0 Å². The Morgan fingerprint density at radius 1 is 1.03 bits per heavy atom.